The summed E-state index contributed by atoms with van der Waals surface area (Å²) in [4.78, 5) is 6.70. The molecule has 0 amide bonds. The number of guanidine groups is 1. The molecule has 0 saturated carbocycles. The van der Waals surface area contributed by atoms with Crippen molar-refractivity contribution in [3.63, 3.8) is 0 Å². The number of aliphatic hydroxyl groups excluding tert-OH is 1. The Kier molecular flexibility index (Phi) is 9.57. The van der Waals surface area contributed by atoms with E-state index in [2.05, 4.69) is 27.3 Å². The number of likely N-dealkylation sites (tertiary alicyclic amines) is 1. The minimum Gasteiger partial charge on any atom is -0.392 e. The first-order valence-electron chi connectivity index (χ1n) is 8.11. The summed E-state index contributed by atoms with van der Waals surface area (Å²) in [6, 6.07) is 8.39. The van der Waals surface area contributed by atoms with E-state index < -0.39 is 0 Å². The zero-order chi connectivity index (χ0) is 16.7. The number of nitrogens with zero attached hydrogens (tertiary/aromatic N) is 2. The van der Waals surface area contributed by atoms with Gasteiger partial charge < -0.3 is 20.9 Å². The average molecular weight is 448 g/mol. The Bertz CT molecular complexity index is 527. The van der Waals surface area contributed by atoms with E-state index in [1.54, 1.807) is 7.11 Å². The Morgan fingerprint density at radius 2 is 2.17 bits per heavy atom. The summed E-state index contributed by atoms with van der Waals surface area (Å²) >= 11 is 0. The SMILES string of the molecule is COCC(C)NC(N)=NCc1ccccc1CN1CCC(O)C1.I. The van der Waals surface area contributed by atoms with Gasteiger partial charge in [0.1, 0.15) is 0 Å². The number of halogens is 1. The predicted octanol–water partition coefficient (Wildman–Crippen LogP) is 1.31. The van der Waals surface area contributed by atoms with E-state index in [9.17, 15) is 5.11 Å². The van der Waals surface area contributed by atoms with Gasteiger partial charge in [0, 0.05) is 32.8 Å². The zero-order valence-corrected chi connectivity index (χ0v) is 16.8. The molecule has 136 valence electrons. The van der Waals surface area contributed by atoms with Crippen LogP contribution < -0.4 is 11.1 Å². The number of ether oxygens (including phenoxy) is 1. The zero-order valence-electron chi connectivity index (χ0n) is 14.4. The highest BCUT2D eigenvalue weighted by atomic mass is 127. The fourth-order valence-electron chi connectivity index (χ4n) is 2.82. The van der Waals surface area contributed by atoms with Crippen molar-refractivity contribution < 1.29 is 9.84 Å². The fraction of sp³-hybridized carbons (Fsp3) is 0.588. The van der Waals surface area contributed by atoms with Crippen molar-refractivity contribution in [1.82, 2.24) is 10.2 Å². The topological polar surface area (TPSA) is 83.1 Å². The maximum atomic E-state index is 9.65. The number of nitrogens with two attached hydrogens (primary N) is 1. The van der Waals surface area contributed by atoms with Crippen molar-refractivity contribution in [2.75, 3.05) is 26.8 Å². The Balaban J connectivity index is 0.00000288. The molecule has 0 radical (unpaired) electrons. The number of nitrogens with one attached hydrogen (secondary N) is 1. The molecule has 24 heavy (non-hydrogen) atoms. The van der Waals surface area contributed by atoms with Gasteiger partial charge in [0.15, 0.2) is 5.96 Å². The van der Waals surface area contributed by atoms with Crippen LogP contribution in [-0.2, 0) is 17.8 Å². The third kappa shape index (κ3) is 6.92. The summed E-state index contributed by atoms with van der Waals surface area (Å²) < 4.78 is 5.07. The molecule has 1 saturated heterocycles. The lowest BCUT2D eigenvalue weighted by Gasteiger charge is -2.17. The number of hydrogen-bond acceptors (Lipinski definition) is 4. The molecule has 6 nitrogen and oxygen atoms in total. The van der Waals surface area contributed by atoms with Gasteiger partial charge in [-0.1, -0.05) is 24.3 Å². The van der Waals surface area contributed by atoms with Crippen molar-refractivity contribution in [2.24, 2.45) is 10.7 Å². The van der Waals surface area contributed by atoms with E-state index in [1.807, 2.05) is 19.1 Å². The molecule has 0 aromatic heterocycles. The van der Waals surface area contributed by atoms with E-state index in [0.717, 1.165) is 31.6 Å². The molecular weight excluding hydrogens is 419 g/mol. The van der Waals surface area contributed by atoms with Gasteiger partial charge in [-0.3, -0.25) is 4.90 Å². The second-order valence-electron chi connectivity index (χ2n) is 6.15. The summed E-state index contributed by atoms with van der Waals surface area (Å²) in [6.07, 6.45) is 0.663. The highest BCUT2D eigenvalue weighted by molar-refractivity contribution is 14.0. The molecule has 0 bridgehead atoms. The number of benzene rings is 1. The first kappa shape index (κ1) is 21.1. The lowest BCUT2D eigenvalue weighted by molar-refractivity contribution is 0.174. The summed E-state index contributed by atoms with van der Waals surface area (Å²) in [5.41, 5.74) is 8.33. The van der Waals surface area contributed by atoms with E-state index in [-0.39, 0.29) is 36.1 Å². The van der Waals surface area contributed by atoms with Crippen LogP contribution in [0.5, 0.6) is 0 Å². The smallest absolute Gasteiger partial charge is 0.189 e. The highest BCUT2D eigenvalue weighted by Gasteiger charge is 2.20. The highest BCUT2D eigenvalue weighted by Crippen LogP contribution is 2.17. The molecule has 7 heteroatoms. The van der Waals surface area contributed by atoms with Gasteiger partial charge in [-0.15, -0.1) is 24.0 Å². The Labute approximate surface area is 161 Å². The predicted molar refractivity (Wildman–Crippen MR) is 108 cm³/mol. The minimum absolute atomic E-state index is 0. The lowest BCUT2D eigenvalue weighted by atomic mass is 10.1. The van der Waals surface area contributed by atoms with E-state index in [4.69, 9.17) is 10.5 Å². The third-order valence-corrected chi connectivity index (χ3v) is 3.99. The monoisotopic (exact) mass is 448 g/mol. The summed E-state index contributed by atoms with van der Waals surface area (Å²) in [5, 5.41) is 12.8. The van der Waals surface area contributed by atoms with E-state index >= 15 is 0 Å². The molecule has 1 fully saturated rings. The summed E-state index contributed by atoms with van der Waals surface area (Å²) in [5.74, 6) is 0.431. The second-order valence-corrected chi connectivity index (χ2v) is 6.15. The van der Waals surface area contributed by atoms with Gasteiger partial charge in [0.2, 0.25) is 0 Å². The van der Waals surface area contributed by atoms with Gasteiger partial charge in [-0.25, -0.2) is 4.99 Å². The largest absolute Gasteiger partial charge is 0.392 e. The standard InChI is InChI=1S/C17H28N4O2.HI/c1-13(12-23-2)20-17(18)19-9-14-5-3-4-6-15(14)10-21-8-7-16(22)11-21;/h3-6,13,16,22H,7-12H2,1-2H3,(H3,18,19,20);1H. The summed E-state index contributed by atoms with van der Waals surface area (Å²) in [6.45, 7) is 5.66. The summed E-state index contributed by atoms with van der Waals surface area (Å²) in [7, 11) is 1.66. The van der Waals surface area contributed by atoms with Gasteiger partial charge in [0.25, 0.3) is 0 Å². The molecule has 1 aliphatic heterocycles. The van der Waals surface area contributed by atoms with Crippen LogP contribution in [0.15, 0.2) is 29.3 Å². The van der Waals surface area contributed by atoms with Crippen molar-refractivity contribution >= 4 is 29.9 Å². The third-order valence-electron chi connectivity index (χ3n) is 3.99. The molecule has 1 heterocycles. The molecule has 2 unspecified atom stereocenters. The molecule has 2 rings (SSSR count). The van der Waals surface area contributed by atoms with Crippen LogP contribution in [0.4, 0.5) is 0 Å². The molecule has 1 aromatic rings. The van der Waals surface area contributed by atoms with Crippen LogP contribution in [0.25, 0.3) is 0 Å². The molecular formula is C17H29IN4O2. The second kappa shape index (κ2) is 10.9. The number of rotatable bonds is 7. The lowest BCUT2D eigenvalue weighted by Crippen LogP contribution is -2.40. The minimum atomic E-state index is -0.192. The average Bonchev–Trinajstić information content (AvgIpc) is 2.92. The Morgan fingerprint density at radius 3 is 2.79 bits per heavy atom. The van der Waals surface area contributed by atoms with Gasteiger partial charge in [-0.2, -0.15) is 0 Å². The first-order valence-corrected chi connectivity index (χ1v) is 8.11. The Morgan fingerprint density at radius 1 is 1.46 bits per heavy atom. The van der Waals surface area contributed by atoms with Gasteiger partial charge in [-0.05, 0) is 24.5 Å². The number of methoxy groups -OCH3 is 1. The molecule has 1 aliphatic rings. The maximum Gasteiger partial charge on any atom is 0.189 e. The van der Waals surface area contributed by atoms with Crippen LogP contribution in [0.3, 0.4) is 0 Å². The van der Waals surface area contributed by atoms with Crippen LogP contribution in [0, 0.1) is 0 Å². The quantitative estimate of drug-likeness (QED) is 0.333. The molecule has 0 spiro atoms. The van der Waals surface area contributed by atoms with Crippen LogP contribution in [-0.4, -0.2) is 54.9 Å². The molecule has 2 atom stereocenters. The first-order chi connectivity index (χ1) is 11.1. The van der Waals surface area contributed by atoms with Gasteiger partial charge in [0.05, 0.1) is 19.3 Å². The van der Waals surface area contributed by atoms with Crippen LogP contribution >= 0.6 is 24.0 Å². The van der Waals surface area contributed by atoms with Crippen molar-refractivity contribution in [3.05, 3.63) is 35.4 Å². The van der Waals surface area contributed by atoms with Crippen LogP contribution in [0.2, 0.25) is 0 Å². The maximum absolute atomic E-state index is 9.65. The molecule has 1 aromatic carbocycles. The van der Waals surface area contributed by atoms with Crippen molar-refractivity contribution in [3.8, 4) is 0 Å². The van der Waals surface area contributed by atoms with Crippen LogP contribution in [0.1, 0.15) is 24.5 Å². The number of hydrogen-bond donors (Lipinski definition) is 3. The number of aliphatic hydroxyl groups is 1. The van der Waals surface area contributed by atoms with E-state index in [0.29, 0.717) is 19.1 Å². The fourth-order valence-corrected chi connectivity index (χ4v) is 2.82. The number of aliphatic imine (C=N–C) groups is 1. The number of β-amino-alcohol motifs (C(OH)–C–C–N with tert-alkyl or cyclic N) is 1. The normalized spacial score (nSPS) is 19.8. The van der Waals surface area contributed by atoms with Crippen molar-refractivity contribution in [2.45, 2.75) is 38.6 Å². The van der Waals surface area contributed by atoms with Gasteiger partial charge >= 0.3 is 0 Å². The van der Waals surface area contributed by atoms with Crippen molar-refractivity contribution in [1.29, 1.82) is 0 Å². The molecule has 0 aliphatic carbocycles. The van der Waals surface area contributed by atoms with E-state index in [1.165, 1.54) is 5.56 Å². The molecule has 4 N–H and O–H groups in total. The Hall–Kier alpha value is -0.900.